The average molecular weight is 247 g/mol. The fraction of sp³-hybridized carbons (Fsp3) is 0.625. The number of nitrogens with zero attached hydrogens (tertiary/aromatic N) is 1. The van der Waals surface area contributed by atoms with Gasteiger partial charge in [0.2, 0.25) is 0 Å². The van der Waals surface area contributed by atoms with Crippen molar-refractivity contribution in [1.82, 2.24) is 4.90 Å². The Morgan fingerprint density at radius 1 is 1.28 bits per heavy atom. The fourth-order valence-electron chi connectivity index (χ4n) is 2.74. The van der Waals surface area contributed by atoms with Gasteiger partial charge in [-0.1, -0.05) is 44.2 Å². The summed E-state index contributed by atoms with van der Waals surface area (Å²) in [6, 6.07) is 10.7. The van der Waals surface area contributed by atoms with Crippen molar-refractivity contribution in [1.29, 1.82) is 0 Å². The maximum absolute atomic E-state index is 9.50. The molecule has 1 atom stereocenters. The maximum Gasteiger partial charge on any atom is 0.0476 e. The van der Waals surface area contributed by atoms with E-state index in [4.69, 9.17) is 0 Å². The Balaban J connectivity index is 1.85. The van der Waals surface area contributed by atoms with Crippen molar-refractivity contribution in [3.8, 4) is 0 Å². The summed E-state index contributed by atoms with van der Waals surface area (Å²) in [4.78, 5) is 2.50. The summed E-state index contributed by atoms with van der Waals surface area (Å²) in [6.45, 7) is 8.18. The average Bonchev–Trinajstić information content (AvgIpc) is 2.38. The van der Waals surface area contributed by atoms with Gasteiger partial charge in [0.1, 0.15) is 0 Å². The van der Waals surface area contributed by atoms with Crippen LogP contribution in [0.25, 0.3) is 0 Å². The van der Waals surface area contributed by atoms with Crippen LogP contribution in [-0.2, 0) is 6.42 Å². The molecule has 0 aromatic heterocycles. The number of aliphatic hydroxyl groups is 1. The molecule has 0 spiro atoms. The van der Waals surface area contributed by atoms with Crippen LogP contribution in [0, 0.1) is 11.3 Å². The van der Waals surface area contributed by atoms with Gasteiger partial charge in [-0.2, -0.15) is 0 Å². The van der Waals surface area contributed by atoms with Gasteiger partial charge in [0.15, 0.2) is 0 Å². The second kappa shape index (κ2) is 5.85. The van der Waals surface area contributed by atoms with E-state index < -0.39 is 0 Å². The molecule has 0 bridgehead atoms. The standard InChI is InChI=1S/C16H25NO/c1-16(2)9-11-17(12-15(16)13-18)10-8-14-6-4-3-5-7-14/h3-7,15,18H,8-13H2,1-2H3. The number of rotatable bonds is 4. The quantitative estimate of drug-likeness (QED) is 0.884. The molecular weight excluding hydrogens is 222 g/mol. The molecule has 1 heterocycles. The summed E-state index contributed by atoms with van der Waals surface area (Å²) in [5, 5.41) is 9.50. The molecule has 1 unspecified atom stereocenters. The topological polar surface area (TPSA) is 23.5 Å². The van der Waals surface area contributed by atoms with Crippen LogP contribution >= 0.6 is 0 Å². The molecule has 1 saturated heterocycles. The summed E-state index contributed by atoms with van der Waals surface area (Å²) in [7, 11) is 0. The summed E-state index contributed by atoms with van der Waals surface area (Å²) >= 11 is 0. The minimum Gasteiger partial charge on any atom is -0.396 e. The maximum atomic E-state index is 9.50. The second-order valence-corrected chi connectivity index (χ2v) is 6.15. The van der Waals surface area contributed by atoms with Gasteiger partial charge in [-0.15, -0.1) is 0 Å². The lowest BCUT2D eigenvalue weighted by Crippen LogP contribution is -2.46. The van der Waals surface area contributed by atoms with Gasteiger partial charge in [0, 0.05) is 19.7 Å². The van der Waals surface area contributed by atoms with Crippen LogP contribution in [0.3, 0.4) is 0 Å². The number of benzene rings is 1. The smallest absolute Gasteiger partial charge is 0.0476 e. The SMILES string of the molecule is CC1(C)CCN(CCc2ccccc2)CC1CO. The molecule has 1 aliphatic heterocycles. The van der Waals surface area contributed by atoms with Crippen LogP contribution in [0.2, 0.25) is 0 Å². The van der Waals surface area contributed by atoms with Gasteiger partial charge in [-0.3, -0.25) is 0 Å². The highest BCUT2D eigenvalue weighted by atomic mass is 16.3. The lowest BCUT2D eigenvalue weighted by atomic mass is 9.73. The van der Waals surface area contributed by atoms with Crippen molar-refractivity contribution < 1.29 is 5.11 Å². The molecule has 2 rings (SSSR count). The molecule has 0 radical (unpaired) electrons. The molecule has 1 N–H and O–H groups in total. The van der Waals surface area contributed by atoms with Crippen molar-refractivity contribution in [2.75, 3.05) is 26.2 Å². The van der Waals surface area contributed by atoms with E-state index in [-0.39, 0.29) is 5.41 Å². The van der Waals surface area contributed by atoms with E-state index in [0.29, 0.717) is 12.5 Å². The minimum atomic E-state index is 0.290. The van der Waals surface area contributed by atoms with Crippen LogP contribution in [0.4, 0.5) is 0 Å². The molecule has 2 nitrogen and oxygen atoms in total. The van der Waals surface area contributed by atoms with E-state index in [1.165, 1.54) is 12.0 Å². The number of aliphatic hydroxyl groups excluding tert-OH is 1. The van der Waals surface area contributed by atoms with Gasteiger partial charge in [0.05, 0.1) is 0 Å². The first kappa shape index (κ1) is 13.6. The lowest BCUT2D eigenvalue weighted by molar-refractivity contribution is 0.0234. The Morgan fingerprint density at radius 2 is 2.00 bits per heavy atom. The number of piperidine rings is 1. The first-order valence-corrected chi connectivity index (χ1v) is 6.99. The second-order valence-electron chi connectivity index (χ2n) is 6.15. The molecule has 1 aromatic rings. The molecular formula is C16H25NO. The highest BCUT2D eigenvalue weighted by Crippen LogP contribution is 2.35. The van der Waals surface area contributed by atoms with Crippen molar-refractivity contribution >= 4 is 0 Å². The van der Waals surface area contributed by atoms with Crippen molar-refractivity contribution in [3.05, 3.63) is 35.9 Å². The zero-order valence-corrected chi connectivity index (χ0v) is 11.6. The van der Waals surface area contributed by atoms with Gasteiger partial charge >= 0.3 is 0 Å². The normalized spacial score (nSPS) is 24.1. The van der Waals surface area contributed by atoms with Crippen LogP contribution in [0.15, 0.2) is 30.3 Å². The van der Waals surface area contributed by atoms with Gasteiger partial charge in [0.25, 0.3) is 0 Å². The Labute approximate surface area is 111 Å². The highest BCUT2D eigenvalue weighted by molar-refractivity contribution is 5.14. The first-order valence-electron chi connectivity index (χ1n) is 6.99. The van der Waals surface area contributed by atoms with E-state index in [2.05, 4.69) is 49.1 Å². The fourth-order valence-corrected chi connectivity index (χ4v) is 2.74. The predicted molar refractivity (Wildman–Crippen MR) is 75.6 cm³/mol. The van der Waals surface area contributed by atoms with Gasteiger partial charge < -0.3 is 10.0 Å². The Bertz CT molecular complexity index is 361. The monoisotopic (exact) mass is 247 g/mol. The van der Waals surface area contributed by atoms with Crippen molar-refractivity contribution in [3.63, 3.8) is 0 Å². The van der Waals surface area contributed by atoms with E-state index in [9.17, 15) is 5.11 Å². The third kappa shape index (κ3) is 3.33. The van der Waals surface area contributed by atoms with Crippen molar-refractivity contribution in [2.45, 2.75) is 26.7 Å². The summed E-state index contributed by atoms with van der Waals surface area (Å²) in [5.41, 5.74) is 1.70. The largest absolute Gasteiger partial charge is 0.396 e. The molecule has 0 amide bonds. The first-order chi connectivity index (χ1) is 8.62. The van der Waals surface area contributed by atoms with Crippen LogP contribution < -0.4 is 0 Å². The van der Waals surface area contributed by atoms with E-state index in [1.54, 1.807) is 0 Å². The summed E-state index contributed by atoms with van der Waals surface area (Å²) in [6.07, 6.45) is 2.30. The Hall–Kier alpha value is -0.860. The molecule has 1 fully saturated rings. The number of hydrogen-bond donors (Lipinski definition) is 1. The van der Waals surface area contributed by atoms with Gasteiger partial charge in [-0.05, 0) is 36.3 Å². The van der Waals surface area contributed by atoms with E-state index >= 15 is 0 Å². The van der Waals surface area contributed by atoms with Gasteiger partial charge in [-0.25, -0.2) is 0 Å². The Morgan fingerprint density at radius 3 is 2.67 bits per heavy atom. The molecule has 1 aliphatic rings. The van der Waals surface area contributed by atoms with E-state index in [0.717, 1.165) is 26.1 Å². The van der Waals surface area contributed by atoms with Crippen molar-refractivity contribution in [2.24, 2.45) is 11.3 Å². The van der Waals surface area contributed by atoms with Crippen LogP contribution in [0.1, 0.15) is 25.8 Å². The van der Waals surface area contributed by atoms with Crippen LogP contribution in [-0.4, -0.2) is 36.2 Å². The van der Waals surface area contributed by atoms with E-state index in [1.807, 2.05) is 0 Å². The molecule has 2 heteroatoms. The molecule has 0 saturated carbocycles. The molecule has 100 valence electrons. The zero-order chi connectivity index (χ0) is 13.0. The summed E-state index contributed by atoms with van der Waals surface area (Å²) in [5.74, 6) is 0.419. The number of likely N-dealkylation sites (tertiary alicyclic amines) is 1. The highest BCUT2D eigenvalue weighted by Gasteiger charge is 2.34. The zero-order valence-electron chi connectivity index (χ0n) is 11.6. The Kier molecular flexibility index (Phi) is 4.41. The molecule has 0 aliphatic carbocycles. The lowest BCUT2D eigenvalue weighted by Gasteiger charge is -2.43. The third-order valence-electron chi connectivity index (χ3n) is 4.44. The minimum absolute atomic E-state index is 0.290. The number of hydrogen-bond acceptors (Lipinski definition) is 2. The molecule has 1 aromatic carbocycles. The molecule has 18 heavy (non-hydrogen) atoms. The summed E-state index contributed by atoms with van der Waals surface area (Å²) < 4.78 is 0. The van der Waals surface area contributed by atoms with Crippen LogP contribution in [0.5, 0.6) is 0 Å². The predicted octanol–water partition coefficient (Wildman–Crippen LogP) is 2.57. The third-order valence-corrected chi connectivity index (χ3v) is 4.44.